The van der Waals surface area contributed by atoms with Gasteiger partial charge in [0.2, 0.25) is 5.91 Å². The number of likely N-dealkylation sites (tertiary alicyclic amines) is 2. The molecule has 2 aliphatic heterocycles. The van der Waals surface area contributed by atoms with Crippen molar-refractivity contribution < 1.29 is 33.0 Å². The molecule has 2 aromatic carbocycles. The number of ether oxygens (including phenoxy) is 3. The topological polar surface area (TPSA) is 97.4 Å². The molecular weight excluding hydrogens is 577 g/mol. The molecule has 4 rings (SSSR count). The molecular formula is C35H48FN3O6. The molecule has 0 aromatic heterocycles. The first kappa shape index (κ1) is 34.1. The van der Waals surface area contributed by atoms with Crippen LogP contribution in [0.15, 0.2) is 42.5 Å². The van der Waals surface area contributed by atoms with Gasteiger partial charge in [0, 0.05) is 43.7 Å². The van der Waals surface area contributed by atoms with Crippen molar-refractivity contribution in [2.45, 2.75) is 97.5 Å². The van der Waals surface area contributed by atoms with Crippen LogP contribution in [0.1, 0.15) is 72.8 Å². The fourth-order valence-corrected chi connectivity index (χ4v) is 5.88. The van der Waals surface area contributed by atoms with Gasteiger partial charge in [0.05, 0.1) is 12.2 Å². The Morgan fingerprint density at radius 3 is 2.18 bits per heavy atom. The molecule has 2 heterocycles. The second kappa shape index (κ2) is 15.0. The van der Waals surface area contributed by atoms with Gasteiger partial charge in [0.25, 0.3) is 0 Å². The highest BCUT2D eigenvalue weighted by atomic mass is 19.1. The minimum atomic E-state index is -1.05. The zero-order valence-electron chi connectivity index (χ0n) is 27.4. The quantitative estimate of drug-likeness (QED) is 0.338. The molecule has 10 heteroatoms. The number of hydrogen-bond donors (Lipinski definition) is 1. The Labute approximate surface area is 266 Å². The van der Waals surface area contributed by atoms with Crippen molar-refractivity contribution in [3.05, 3.63) is 53.8 Å². The number of nitrogens with zero attached hydrogens (tertiary/aromatic N) is 2. The number of alkyl carbamates (subject to hydrolysis) is 1. The Morgan fingerprint density at radius 1 is 0.933 bits per heavy atom. The minimum absolute atomic E-state index is 0.109. The number of halogens is 1. The molecule has 0 bridgehead atoms. The Kier molecular flexibility index (Phi) is 11.3. The lowest BCUT2D eigenvalue weighted by atomic mass is 9.92. The van der Waals surface area contributed by atoms with Crippen LogP contribution >= 0.6 is 0 Å². The molecule has 2 aliphatic rings. The van der Waals surface area contributed by atoms with Gasteiger partial charge in [-0.25, -0.2) is 14.0 Å². The van der Waals surface area contributed by atoms with E-state index in [1.807, 2.05) is 51.1 Å². The van der Waals surface area contributed by atoms with Gasteiger partial charge in [0.1, 0.15) is 23.2 Å². The fourth-order valence-electron chi connectivity index (χ4n) is 5.88. The zero-order chi connectivity index (χ0) is 32.7. The summed E-state index contributed by atoms with van der Waals surface area (Å²) < 4.78 is 33.9. The monoisotopic (exact) mass is 625 g/mol. The van der Waals surface area contributed by atoms with E-state index in [2.05, 4.69) is 5.32 Å². The third-order valence-corrected chi connectivity index (χ3v) is 8.21. The van der Waals surface area contributed by atoms with Crippen molar-refractivity contribution in [2.24, 2.45) is 5.92 Å². The molecule has 9 nitrogen and oxygen atoms in total. The second-order valence-electron chi connectivity index (χ2n) is 13.3. The van der Waals surface area contributed by atoms with Gasteiger partial charge in [-0.15, -0.1) is 0 Å². The van der Waals surface area contributed by atoms with E-state index in [1.165, 1.54) is 0 Å². The molecule has 0 aliphatic carbocycles. The van der Waals surface area contributed by atoms with Gasteiger partial charge in [-0.3, -0.25) is 4.79 Å². The van der Waals surface area contributed by atoms with Crippen LogP contribution in [-0.2, 0) is 20.7 Å². The smallest absolute Gasteiger partial charge is 0.410 e. The maximum Gasteiger partial charge on any atom is 0.410 e. The van der Waals surface area contributed by atoms with Gasteiger partial charge in [-0.1, -0.05) is 30.3 Å². The average Bonchev–Trinajstić information content (AvgIpc) is 3.52. The highest BCUT2D eigenvalue weighted by Gasteiger charge is 2.33. The Balaban J connectivity index is 1.61. The van der Waals surface area contributed by atoms with E-state index < -0.39 is 23.6 Å². The number of amides is 3. The third kappa shape index (κ3) is 9.34. The predicted molar refractivity (Wildman–Crippen MR) is 171 cm³/mol. The van der Waals surface area contributed by atoms with Crippen LogP contribution in [0.25, 0.3) is 11.1 Å². The highest BCUT2D eigenvalue weighted by molar-refractivity contribution is 5.86. The molecule has 0 radical (unpaired) electrons. The summed E-state index contributed by atoms with van der Waals surface area (Å²) in [5.41, 5.74) is 0.523. The number of benzene rings is 2. The molecule has 1 N–H and O–H groups in total. The van der Waals surface area contributed by atoms with Gasteiger partial charge in [-0.2, -0.15) is 0 Å². The van der Waals surface area contributed by atoms with Crippen LogP contribution in [-0.4, -0.2) is 77.9 Å². The summed E-state index contributed by atoms with van der Waals surface area (Å²) in [7, 11) is 0. The number of rotatable bonds is 9. The largest absolute Gasteiger partial charge is 0.490 e. The van der Waals surface area contributed by atoms with E-state index >= 15 is 4.39 Å². The van der Waals surface area contributed by atoms with E-state index in [0.717, 1.165) is 12.8 Å². The first-order valence-corrected chi connectivity index (χ1v) is 16.1. The molecule has 0 saturated carbocycles. The van der Waals surface area contributed by atoms with Crippen molar-refractivity contribution in [3.8, 4) is 16.9 Å². The lowest BCUT2D eigenvalue weighted by Crippen LogP contribution is -2.50. The van der Waals surface area contributed by atoms with Crippen LogP contribution in [0, 0.1) is 11.7 Å². The summed E-state index contributed by atoms with van der Waals surface area (Å²) in [6, 6.07) is 11.6. The maximum absolute atomic E-state index is 16.6. The summed E-state index contributed by atoms with van der Waals surface area (Å²) in [4.78, 5) is 42.4. The second-order valence-corrected chi connectivity index (χ2v) is 13.3. The van der Waals surface area contributed by atoms with E-state index in [-0.39, 0.29) is 42.1 Å². The normalized spacial score (nSPS) is 17.2. The maximum atomic E-state index is 16.6. The lowest BCUT2D eigenvalue weighted by Gasteiger charge is -2.35. The zero-order valence-corrected chi connectivity index (χ0v) is 27.4. The van der Waals surface area contributed by atoms with E-state index in [9.17, 15) is 14.4 Å². The minimum Gasteiger partial charge on any atom is -0.490 e. The first-order chi connectivity index (χ1) is 21.3. The van der Waals surface area contributed by atoms with Crippen LogP contribution < -0.4 is 10.1 Å². The average molecular weight is 626 g/mol. The molecule has 2 aromatic rings. The van der Waals surface area contributed by atoms with Crippen molar-refractivity contribution in [1.29, 1.82) is 0 Å². The molecule has 2 fully saturated rings. The molecule has 0 unspecified atom stereocenters. The number of piperidine rings is 1. The highest BCUT2D eigenvalue weighted by Crippen LogP contribution is 2.34. The molecule has 3 amide bonds. The van der Waals surface area contributed by atoms with E-state index in [4.69, 9.17) is 14.2 Å². The number of carbonyl (C=O) groups is 3. The molecule has 246 valence electrons. The molecule has 45 heavy (non-hydrogen) atoms. The predicted octanol–water partition coefficient (Wildman–Crippen LogP) is 6.58. The van der Waals surface area contributed by atoms with E-state index in [1.54, 1.807) is 42.7 Å². The molecule has 2 saturated heterocycles. The summed E-state index contributed by atoms with van der Waals surface area (Å²) in [6.45, 7) is 13.1. The van der Waals surface area contributed by atoms with Crippen LogP contribution in [0.4, 0.5) is 14.0 Å². The number of nitrogens with one attached hydrogen (secondary N) is 1. The number of hydrogen-bond acceptors (Lipinski definition) is 6. The molecule has 2 atom stereocenters. The Morgan fingerprint density at radius 2 is 1.58 bits per heavy atom. The number of carbonyl (C=O) groups excluding carboxylic acids is 3. The van der Waals surface area contributed by atoms with Crippen molar-refractivity contribution >= 4 is 18.1 Å². The standard InChI is InChI=1S/C35H48FN3O6/c1-23(2)43-34(42)39-20-16-25(17-21-39)24(3)44-30-15-14-27(26-12-8-7-9-13-26)31(36)28(30)22-29(32(40)38-18-10-11-19-38)37-33(41)45-35(4,5)6/h7-9,12-15,23-25,29H,10-11,16-22H2,1-6H3,(H,37,41)/t24-,29-/m0/s1. The van der Waals surface area contributed by atoms with Crippen LogP contribution in [0.3, 0.4) is 0 Å². The van der Waals surface area contributed by atoms with Crippen LogP contribution in [0.5, 0.6) is 5.75 Å². The van der Waals surface area contributed by atoms with Crippen molar-refractivity contribution in [2.75, 3.05) is 26.2 Å². The Hall–Kier alpha value is -3.82. The third-order valence-electron chi connectivity index (χ3n) is 8.21. The molecule has 0 spiro atoms. The SMILES string of the molecule is CC(C)OC(=O)N1CCC([C@H](C)Oc2ccc(-c3ccccc3)c(F)c2C[C@H](NC(=O)OC(C)(C)C)C(=O)N2CCCC2)CC1. The van der Waals surface area contributed by atoms with Crippen molar-refractivity contribution in [3.63, 3.8) is 0 Å². The van der Waals surface area contributed by atoms with Crippen LogP contribution in [0.2, 0.25) is 0 Å². The first-order valence-electron chi connectivity index (χ1n) is 16.1. The van der Waals surface area contributed by atoms with E-state index in [0.29, 0.717) is 55.9 Å². The van der Waals surface area contributed by atoms with Gasteiger partial charge >= 0.3 is 12.2 Å². The van der Waals surface area contributed by atoms with Gasteiger partial charge in [0.15, 0.2) is 0 Å². The lowest BCUT2D eigenvalue weighted by molar-refractivity contribution is -0.132. The Bertz CT molecular complexity index is 1310. The summed E-state index contributed by atoms with van der Waals surface area (Å²) in [5.74, 6) is -0.323. The van der Waals surface area contributed by atoms with Gasteiger partial charge in [-0.05, 0) is 90.8 Å². The summed E-state index contributed by atoms with van der Waals surface area (Å²) in [5, 5.41) is 2.73. The van der Waals surface area contributed by atoms with Crippen molar-refractivity contribution in [1.82, 2.24) is 15.1 Å². The summed E-state index contributed by atoms with van der Waals surface area (Å²) in [6.07, 6.45) is 1.54. The fraction of sp³-hybridized carbons (Fsp3) is 0.571. The van der Waals surface area contributed by atoms with Gasteiger partial charge < -0.3 is 29.3 Å². The summed E-state index contributed by atoms with van der Waals surface area (Å²) >= 11 is 0.